The van der Waals surface area contributed by atoms with E-state index in [4.69, 9.17) is 19.9 Å². The van der Waals surface area contributed by atoms with Crippen molar-refractivity contribution in [3.05, 3.63) is 23.8 Å². The number of nitrogens with one attached hydrogen (secondary N) is 1. The molecule has 1 amide bonds. The Balaban J connectivity index is 2.43. The first-order valence-electron chi connectivity index (χ1n) is 6.85. The van der Waals surface area contributed by atoms with Crippen LogP contribution >= 0.6 is 0 Å². The van der Waals surface area contributed by atoms with Crippen LogP contribution in [0.25, 0.3) is 0 Å². The molecule has 0 aliphatic carbocycles. The minimum Gasteiger partial charge on any atom is -0.493 e. The van der Waals surface area contributed by atoms with Crippen LogP contribution < -0.4 is 20.5 Å². The van der Waals surface area contributed by atoms with Gasteiger partial charge >= 0.3 is 0 Å². The summed E-state index contributed by atoms with van der Waals surface area (Å²) in [6, 6.07) is 5.16. The third-order valence-corrected chi connectivity index (χ3v) is 3.13. The van der Waals surface area contributed by atoms with Gasteiger partial charge in [0, 0.05) is 20.3 Å². The van der Waals surface area contributed by atoms with E-state index in [0.717, 1.165) is 5.56 Å². The molecule has 1 aromatic carbocycles. The van der Waals surface area contributed by atoms with Crippen LogP contribution in [0, 0.1) is 0 Å². The van der Waals surface area contributed by atoms with Crippen LogP contribution in [0.15, 0.2) is 18.2 Å². The van der Waals surface area contributed by atoms with E-state index in [1.54, 1.807) is 21.3 Å². The Kier molecular flexibility index (Phi) is 7.56. The topological polar surface area (TPSA) is 82.8 Å². The highest BCUT2D eigenvalue weighted by Gasteiger charge is 2.12. The number of carbonyl (C=O) groups is 1. The predicted molar refractivity (Wildman–Crippen MR) is 80.7 cm³/mol. The standard InChI is InChI=1S/C15H24N2O4/c1-19-9-7-12(16)15(18)17-8-6-11-4-5-13(20-2)14(10-11)21-3/h4-5,10,12H,6-9,16H2,1-3H3,(H,17,18). The molecule has 0 saturated carbocycles. The Morgan fingerprint density at radius 2 is 1.95 bits per heavy atom. The van der Waals surface area contributed by atoms with Gasteiger partial charge in [0.25, 0.3) is 0 Å². The average molecular weight is 296 g/mol. The van der Waals surface area contributed by atoms with E-state index in [0.29, 0.717) is 37.5 Å². The zero-order valence-corrected chi connectivity index (χ0v) is 12.8. The summed E-state index contributed by atoms with van der Waals surface area (Å²) >= 11 is 0. The van der Waals surface area contributed by atoms with E-state index >= 15 is 0 Å². The molecule has 0 radical (unpaired) electrons. The van der Waals surface area contributed by atoms with Crippen molar-refractivity contribution in [3.8, 4) is 11.5 Å². The molecule has 0 spiro atoms. The number of nitrogens with two attached hydrogens (primary N) is 1. The maximum absolute atomic E-state index is 11.7. The van der Waals surface area contributed by atoms with Gasteiger partial charge in [0.2, 0.25) is 5.91 Å². The molecular weight excluding hydrogens is 272 g/mol. The van der Waals surface area contributed by atoms with Crippen molar-refractivity contribution in [1.29, 1.82) is 0 Å². The molecule has 21 heavy (non-hydrogen) atoms. The summed E-state index contributed by atoms with van der Waals surface area (Å²) in [5.41, 5.74) is 6.79. The summed E-state index contributed by atoms with van der Waals surface area (Å²) < 4.78 is 15.3. The van der Waals surface area contributed by atoms with Crippen molar-refractivity contribution in [2.24, 2.45) is 5.73 Å². The van der Waals surface area contributed by atoms with Crippen LogP contribution in [0.5, 0.6) is 11.5 Å². The van der Waals surface area contributed by atoms with Gasteiger partial charge in [-0.1, -0.05) is 6.07 Å². The number of benzene rings is 1. The van der Waals surface area contributed by atoms with Crippen LogP contribution in [0.3, 0.4) is 0 Å². The first-order chi connectivity index (χ1) is 10.1. The summed E-state index contributed by atoms with van der Waals surface area (Å²) in [7, 11) is 4.78. The van der Waals surface area contributed by atoms with Gasteiger partial charge in [-0.05, 0) is 30.5 Å². The quantitative estimate of drug-likeness (QED) is 0.702. The van der Waals surface area contributed by atoms with Gasteiger partial charge in [-0.25, -0.2) is 0 Å². The number of amides is 1. The van der Waals surface area contributed by atoms with Gasteiger partial charge in [-0.15, -0.1) is 0 Å². The van der Waals surface area contributed by atoms with Crippen molar-refractivity contribution < 1.29 is 19.0 Å². The van der Waals surface area contributed by atoms with E-state index in [-0.39, 0.29) is 5.91 Å². The SMILES string of the molecule is COCCC(N)C(=O)NCCc1ccc(OC)c(OC)c1. The summed E-state index contributed by atoms with van der Waals surface area (Å²) in [5.74, 6) is 1.21. The maximum Gasteiger partial charge on any atom is 0.237 e. The van der Waals surface area contributed by atoms with Crippen LogP contribution in [0.4, 0.5) is 0 Å². The molecule has 0 bridgehead atoms. The monoisotopic (exact) mass is 296 g/mol. The number of hydrogen-bond donors (Lipinski definition) is 2. The van der Waals surface area contributed by atoms with Gasteiger partial charge in [0.15, 0.2) is 11.5 Å². The van der Waals surface area contributed by atoms with Crippen LogP contribution in [0.2, 0.25) is 0 Å². The van der Waals surface area contributed by atoms with Crippen molar-refractivity contribution in [1.82, 2.24) is 5.32 Å². The number of methoxy groups -OCH3 is 3. The fraction of sp³-hybridized carbons (Fsp3) is 0.533. The molecule has 0 aliphatic heterocycles. The number of hydrogen-bond acceptors (Lipinski definition) is 5. The lowest BCUT2D eigenvalue weighted by molar-refractivity contribution is -0.122. The minimum atomic E-state index is -0.532. The second kappa shape index (κ2) is 9.20. The average Bonchev–Trinajstić information content (AvgIpc) is 2.52. The smallest absolute Gasteiger partial charge is 0.237 e. The predicted octanol–water partition coefficient (Wildman–Crippen LogP) is 0.726. The molecular formula is C15H24N2O4. The summed E-state index contributed by atoms with van der Waals surface area (Å²) in [6.45, 7) is 0.999. The zero-order chi connectivity index (χ0) is 15.7. The lowest BCUT2D eigenvalue weighted by Gasteiger charge is -2.12. The second-order valence-electron chi connectivity index (χ2n) is 4.62. The molecule has 0 saturated heterocycles. The van der Waals surface area contributed by atoms with Crippen molar-refractivity contribution >= 4 is 5.91 Å². The van der Waals surface area contributed by atoms with Gasteiger partial charge in [0.05, 0.1) is 20.3 Å². The molecule has 0 heterocycles. The van der Waals surface area contributed by atoms with Gasteiger partial charge in [0.1, 0.15) is 0 Å². The first kappa shape index (κ1) is 17.3. The number of rotatable bonds is 9. The molecule has 0 aromatic heterocycles. The normalized spacial score (nSPS) is 11.8. The largest absolute Gasteiger partial charge is 0.493 e. The van der Waals surface area contributed by atoms with Crippen LogP contribution in [0.1, 0.15) is 12.0 Å². The van der Waals surface area contributed by atoms with Crippen molar-refractivity contribution in [2.75, 3.05) is 34.5 Å². The van der Waals surface area contributed by atoms with Gasteiger partial charge in [-0.2, -0.15) is 0 Å². The molecule has 1 rings (SSSR count). The third-order valence-electron chi connectivity index (χ3n) is 3.13. The lowest BCUT2D eigenvalue weighted by Crippen LogP contribution is -2.41. The van der Waals surface area contributed by atoms with E-state index in [2.05, 4.69) is 5.32 Å². The maximum atomic E-state index is 11.7. The third kappa shape index (κ3) is 5.61. The summed E-state index contributed by atoms with van der Waals surface area (Å²) in [4.78, 5) is 11.7. The molecule has 0 fully saturated rings. The second-order valence-corrected chi connectivity index (χ2v) is 4.62. The van der Waals surface area contributed by atoms with E-state index in [1.807, 2.05) is 18.2 Å². The van der Waals surface area contributed by atoms with Crippen LogP contribution in [-0.2, 0) is 16.0 Å². The highest BCUT2D eigenvalue weighted by molar-refractivity contribution is 5.81. The van der Waals surface area contributed by atoms with E-state index in [1.165, 1.54) is 0 Å². The Morgan fingerprint density at radius 1 is 1.24 bits per heavy atom. The highest BCUT2D eigenvalue weighted by Crippen LogP contribution is 2.27. The van der Waals surface area contributed by atoms with E-state index < -0.39 is 6.04 Å². The lowest BCUT2D eigenvalue weighted by atomic mass is 10.1. The zero-order valence-electron chi connectivity index (χ0n) is 12.8. The molecule has 0 aliphatic rings. The number of ether oxygens (including phenoxy) is 3. The molecule has 3 N–H and O–H groups in total. The Labute approximate surface area is 125 Å². The molecule has 6 heteroatoms. The molecule has 6 nitrogen and oxygen atoms in total. The van der Waals surface area contributed by atoms with Crippen LogP contribution in [-0.4, -0.2) is 46.4 Å². The van der Waals surface area contributed by atoms with Crippen molar-refractivity contribution in [3.63, 3.8) is 0 Å². The highest BCUT2D eigenvalue weighted by atomic mass is 16.5. The van der Waals surface area contributed by atoms with Gasteiger partial charge < -0.3 is 25.3 Å². The Bertz CT molecular complexity index is 451. The van der Waals surface area contributed by atoms with E-state index in [9.17, 15) is 4.79 Å². The Hall–Kier alpha value is -1.79. The number of carbonyl (C=O) groups excluding carboxylic acids is 1. The molecule has 118 valence electrons. The van der Waals surface area contributed by atoms with Gasteiger partial charge in [-0.3, -0.25) is 4.79 Å². The first-order valence-corrected chi connectivity index (χ1v) is 6.85. The Morgan fingerprint density at radius 3 is 2.57 bits per heavy atom. The van der Waals surface area contributed by atoms with Crippen molar-refractivity contribution in [2.45, 2.75) is 18.9 Å². The molecule has 1 unspecified atom stereocenters. The minimum absolute atomic E-state index is 0.160. The fourth-order valence-electron chi connectivity index (χ4n) is 1.87. The summed E-state index contributed by atoms with van der Waals surface area (Å²) in [5, 5.41) is 2.81. The summed E-state index contributed by atoms with van der Waals surface area (Å²) in [6.07, 6.45) is 1.21. The molecule has 1 atom stereocenters. The molecule has 1 aromatic rings. The fourth-order valence-corrected chi connectivity index (χ4v) is 1.87.